The van der Waals surface area contributed by atoms with Gasteiger partial charge in [-0.1, -0.05) is 53.7 Å². The fourth-order valence-corrected chi connectivity index (χ4v) is 4.11. The second-order valence-electron chi connectivity index (χ2n) is 6.74. The number of carbonyl (C=O) groups excluding carboxylic acids is 1. The number of nitrogens with one attached hydrogen (secondary N) is 2. The third-order valence-corrected chi connectivity index (χ3v) is 6.01. The standard InChI is InChI=1S/C21H25BrN2OS/c22-18-11-13-20(14-12-18)26-23-15-16-7-9-17(10-8-16)21(25)24-19-5-3-1-2-4-6-19/h7-14,19,23H,1-6,15H2,(H,24,25). The number of carbonyl (C=O) groups is 1. The smallest absolute Gasteiger partial charge is 0.251 e. The molecule has 1 aliphatic carbocycles. The van der Waals surface area contributed by atoms with Gasteiger partial charge in [0.25, 0.3) is 5.91 Å². The van der Waals surface area contributed by atoms with Gasteiger partial charge in [-0.05, 0) is 66.8 Å². The first kappa shape index (κ1) is 19.5. The third kappa shape index (κ3) is 6.15. The summed E-state index contributed by atoms with van der Waals surface area (Å²) in [5, 5.41) is 3.20. The van der Waals surface area contributed by atoms with Crippen LogP contribution in [0.15, 0.2) is 57.9 Å². The Bertz CT molecular complexity index is 695. The van der Waals surface area contributed by atoms with Gasteiger partial charge in [0.2, 0.25) is 0 Å². The Labute approximate surface area is 168 Å². The quantitative estimate of drug-likeness (QED) is 0.454. The Morgan fingerprint density at radius 1 is 0.962 bits per heavy atom. The Balaban J connectivity index is 1.46. The monoisotopic (exact) mass is 432 g/mol. The Hall–Kier alpha value is -1.30. The zero-order valence-electron chi connectivity index (χ0n) is 14.8. The number of halogens is 1. The maximum absolute atomic E-state index is 12.4. The van der Waals surface area contributed by atoms with Crippen LogP contribution < -0.4 is 10.0 Å². The van der Waals surface area contributed by atoms with Crippen molar-refractivity contribution in [2.45, 2.75) is 56.0 Å². The van der Waals surface area contributed by atoms with E-state index in [-0.39, 0.29) is 5.91 Å². The molecule has 138 valence electrons. The van der Waals surface area contributed by atoms with Crippen LogP contribution in [0.5, 0.6) is 0 Å². The molecular weight excluding hydrogens is 408 g/mol. The van der Waals surface area contributed by atoms with Crippen LogP contribution in [0.25, 0.3) is 0 Å². The van der Waals surface area contributed by atoms with E-state index in [1.54, 1.807) is 11.9 Å². The van der Waals surface area contributed by atoms with E-state index in [2.05, 4.69) is 38.1 Å². The van der Waals surface area contributed by atoms with Gasteiger partial charge in [-0.15, -0.1) is 0 Å². The minimum absolute atomic E-state index is 0.0562. The van der Waals surface area contributed by atoms with Gasteiger partial charge >= 0.3 is 0 Å². The topological polar surface area (TPSA) is 41.1 Å². The van der Waals surface area contributed by atoms with E-state index in [9.17, 15) is 4.79 Å². The Morgan fingerprint density at radius 2 is 1.62 bits per heavy atom. The van der Waals surface area contributed by atoms with Crippen molar-refractivity contribution in [2.75, 3.05) is 0 Å². The highest BCUT2D eigenvalue weighted by molar-refractivity contribution is 9.10. The fourth-order valence-electron chi connectivity index (χ4n) is 3.17. The van der Waals surface area contributed by atoms with Crippen LogP contribution in [0.1, 0.15) is 54.4 Å². The van der Waals surface area contributed by atoms with Gasteiger partial charge in [-0.2, -0.15) is 0 Å². The van der Waals surface area contributed by atoms with Gasteiger partial charge in [-0.25, -0.2) is 0 Å². The van der Waals surface area contributed by atoms with Crippen molar-refractivity contribution in [3.63, 3.8) is 0 Å². The van der Waals surface area contributed by atoms with E-state index < -0.39 is 0 Å². The number of hydrogen-bond acceptors (Lipinski definition) is 3. The van der Waals surface area contributed by atoms with Crippen LogP contribution in [0.3, 0.4) is 0 Å². The molecule has 1 amide bonds. The van der Waals surface area contributed by atoms with Crippen LogP contribution in [0.4, 0.5) is 0 Å². The van der Waals surface area contributed by atoms with Gasteiger partial charge in [0.05, 0.1) is 0 Å². The predicted molar refractivity (Wildman–Crippen MR) is 112 cm³/mol. The van der Waals surface area contributed by atoms with Crippen molar-refractivity contribution < 1.29 is 4.79 Å². The Kier molecular flexibility index (Phi) is 7.59. The van der Waals surface area contributed by atoms with Gasteiger partial charge < -0.3 is 5.32 Å². The SMILES string of the molecule is O=C(NC1CCCCCC1)c1ccc(CNSc2ccc(Br)cc2)cc1. The first-order valence-electron chi connectivity index (χ1n) is 9.26. The lowest BCUT2D eigenvalue weighted by Gasteiger charge is -2.16. The molecule has 0 aliphatic heterocycles. The molecule has 2 N–H and O–H groups in total. The summed E-state index contributed by atoms with van der Waals surface area (Å²) >= 11 is 5.05. The molecule has 0 saturated heterocycles. The average molecular weight is 433 g/mol. The summed E-state index contributed by atoms with van der Waals surface area (Å²) in [5.41, 5.74) is 1.92. The van der Waals surface area contributed by atoms with E-state index in [1.807, 2.05) is 36.4 Å². The number of hydrogen-bond donors (Lipinski definition) is 2. The molecule has 1 fully saturated rings. The summed E-state index contributed by atoms with van der Waals surface area (Å²) in [6.45, 7) is 0.755. The molecule has 5 heteroatoms. The molecule has 0 aromatic heterocycles. The van der Waals surface area contributed by atoms with Crippen molar-refractivity contribution in [3.8, 4) is 0 Å². The zero-order valence-corrected chi connectivity index (χ0v) is 17.2. The van der Waals surface area contributed by atoms with Crippen molar-refractivity contribution >= 4 is 33.8 Å². The molecule has 2 aromatic rings. The molecule has 3 nitrogen and oxygen atoms in total. The minimum atomic E-state index is 0.0562. The summed E-state index contributed by atoms with van der Waals surface area (Å²) in [5.74, 6) is 0.0562. The van der Waals surface area contributed by atoms with Crippen molar-refractivity contribution in [1.29, 1.82) is 0 Å². The number of amides is 1. The zero-order chi connectivity index (χ0) is 18.2. The lowest BCUT2D eigenvalue weighted by atomic mass is 10.1. The molecule has 1 saturated carbocycles. The molecule has 1 aliphatic rings. The van der Waals surface area contributed by atoms with E-state index in [4.69, 9.17) is 0 Å². The van der Waals surface area contributed by atoms with Crippen molar-refractivity contribution in [3.05, 3.63) is 64.1 Å². The summed E-state index contributed by atoms with van der Waals surface area (Å²) < 4.78 is 4.44. The predicted octanol–water partition coefficient (Wildman–Crippen LogP) is 5.70. The van der Waals surface area contributed by atoms with Crippen molar-refractivity contribution in [1.82, 2.24) is 10.0 Å². The lowest BCUT2D eigenvalue weighted by Crippen LogP contribution is -2.34. The van der Waals surface area contributed by atoms with Crippen LogP contribution in [0, 0.1) is 0 Å². The van der Waals surface area contributed by atoms with Crippen LogP contribution in [-0.4, -0.2) is 11.9 Å². The first-order valence-corrected chi connectivity index (χ1v) is 10.9. The highest BCUT2D eigenvalue weighted by Crippen LogP contribution is 2.19. The molecule has 0 spiro atoms. The summed E-state index contributed by atoms with van der Waals surface area (Å²) in [7, 11) is 0. The van der Waals surface area contributed by atoms with Crippen LogP contribution in [0.2, 0.25) is 0 Å². The van der Waals surface area contributed by atoms with Gasteiger partial charge in [0, 0.05) is 27.5 Å². The molecule has 0 atom stereocenters. The maximum atomic E-state index is 12.4. The molecule has 2 aromatic carbocycles. The second-order valence-corrected chi connectivity index (χ2v) is 8.62. The molecule has 3 rings (SSSR count). The molecule has 26 heavy (non-hydrogen) atoms. The molecule has 0 radical (unpaired) electrons. The van der Waals surface area contributed by atoms with E-state index in [0.717, 1.165) is 29.4 Å². The highest BCUT2D eigenvalue weighted by atomic mass is 79.9. The maximum Gasteiger partial charge on any atom is 0.251 e. The van der Waals surface area contributed by atoms with E-state index in [1.165, 1.54) is 36.1 Å². The van der Waals surface area contributed by atoms with Gasteiger partial charge in [0.1, 0.15) is 0 Å². The second kappa shape index (κ2) is 10.1. The van der Waals surface area contributed by atoms with Gasteiger partial charge in [0.15, 0.2) is 0 Å². The van der Waals surface area contributed by atoms with Crippen LogP contribution in [-0.2, 0) is 6.54 Å². The largest absolute Gasteiger partial charge is 0.349 e. The summed E-state index contributed by atoms with van der Waals surface area (Å²) in [4.78, 5) is 13.6. The average Bonchev–Trinajstić information content (AvgIpc) is 2.92. The number of benzene rings is 2. The van der Waals surface area contributed by atoms with Crippen LogP contribution >= 0.6 is 27.9 Å². The van der Waals surface area contributed by atoms with E-state index in [0.29, 0.717) is 6.04 Å². The van der Waals surface area contributed by atoms with Crippen molar-refractivity contribution in [2.24, 2.45) is 0 Å². The fraction of sp³-hybridized carbons (Fsp3) is 0.381. The normalized spacial score (nSPS) is 15.4. The number of rotatable bonds is 6. The Morgan fingerprint density at radius 3 is 2.27 bits per heavy atom. The van der Waals surface area contributed by atoms with Gasteiger partial charge in [-0.3, -0.25) is 9.52 Å². The summed E-state index contributed by atoms with van der Waals surface area (Å²) in [6.07, 6.45) is 7.28. The molecule has 0 bridgehead atoms. The molecule has 0 unspecified atom stereocenters. The molecule has 0 heterocycles. The first-order chi connectivity index (χ1) is 12.7. The lowest BCUT2D eigenvalue weighted by molar-refractivity contribution is 0.0933. The third-order valence-electron chi connectivity index (χ3n) is 4.69. The van der Waals surface area contributed by atoms with E-state index >= 15 is 0 Å². The summed E-state index contributed by atoms with van der Waals surface area (Å²) in [6, 6.07) is 16.5. The molecular formula is C21H25BrN2OS. The highest BCUT2D eigenvalue weighted by Gasteiger charge is 2.15. The minimum Gasteiger partial charge on any atom is -0.349 e.